The summed E-state index contributed by atoms with van der Waals surface area (Å²) < 4.78 is 0. The summed E-state index contributed by atoms with van der Waals surface area (Å²) in [5, 5.41) is 36.7. The molecule has 382 valence electrons. The highest BCUT2D eigenvalue weighted by atomic mass is 16.4. The fourth-order valence-corrected chi connectivity index (χ4v) is 6.85. The zero-order valence-electron chi connectivity index (χ0n) is 39.5. The number of rotatable bonds is 25. The van der Waals surface area contributed by atoms with Gasteiger partial charge in [-0.3, -0.25) is 57.7 Å². The van der Waals surface area contributed by atoms with E-state index in [0.29, 0.717) is 0 Å². The largest absolute Gasteiger partial charge is 0.481 e. The third-order valence-electron chi connectivity index (χ3n) is 10.3. The first kappa shape index (κ1) is 59.2. The summed E-state index contributed by atoms with van der Waals surface area (Å²) >= 11 is 0. The van der Waals surface area contributed by atoms with Gasteiger partial charge >= 0.3 is 11.9 Å². The summed E-state index contributed by atoms with van der Waals surface area (Å²) in [6.45, 7) is 9.68. The molecule has 0 radical (unpaired) electrons. The van der Waals surface area contributed by atoms with E-state index < -0.39 is 126 Å². The smallest absolute Gasteiger partial charge is 0.305 e. The van der Waals surface area contributed by atoms with Crippen molar-refractivity contribution in [3.8, 4) is 0 Å². The monoisotopic (exact) mass is 966 g/mol. The van der Waals surface area contributed by atoms with Crippen molar-refractivity contribution in [3.63, 3.8) is 0 Å². The van der Waals surface area contributed by atoms with E-state index in [0.717, 1.165) is 0 Å². The van der Waals surface area contributed by atoms with Crippen LogP contribution in [0.15, 0.2) is 17.1 Å². The van der Waals surface area contributed by atoms with Gasteiger partial charge < -0.3 is 75.3 Å². The molecule has 0 aromatic rings. The Morgan fingerprint density at radius 3 is 1.91 bits per heavy atom. The molecule has 0 aromatic carbocycles. The number of aliphatic imine (C=N–C) groups is 1. The maximum Gasteiger partial charge on any atom is 0.305 e. The van der Waals surface area contributed by atoms with Crippen molar-refractivity contribution in [1.82, 2.24) is 42.1 Å². The van der Waals surface area contributed by atoms with Gasteiger partial charge in [0.25, 0.3) is 0 Å². The van der Waals surface area contributed by atoms with Crippen molar-refractivity contribution >= 4 is 71.1 Å². The van der Waals surface area contributed by atoms with Crippen LogP contribution in [0.4, 0.5) is 0 Å². The minimum absolute atomic E-state index is 0.0365. The van der Waals surface area contributed by atoms with E-state index in [2.05, 4.69) is 42.2 Å². The Bertz CT molecular complexity index is 1870. The van der Waals surface area contributed by atoms with Crippen LogP contribution in [0, 0.1) is 11.8 Å². The Labute approximate surface area is 394 Å². The average Bonchev–Trinajstić information content (AvgIpc) is 3.22. The summed E-state index contributed by atoms with van der Waals surface area (Å²) in [6.07, 6.45) is 1.47. The van der Waals surface area contributed by atoms with Gasteiger partial charge in [0.15, 0.2) is 5.96 Å². The Morgan fingerprint density at radius 1 is 0.750 bits per heavy atom. The number of amides is 9. The third kappa shape index (κ3) is 22.6. The molecular weight excluding hydrogens is 895 g/mol. The standard InChI is InChI=1S/C42H71N13O13/c1-21(2)17-27-37(64)50-24(6)41(68)55(16-9-7-8-14-47-26(19-32(57)58)36(63)53-27)30(11-10-15-48-42(45)46)40(67)49-23(5)35(62)52-28(18-22(3)4)38(65)54-29(20-33(59)60)39(66)51-25(34(44)61)12-13-31(43)56/h7,9,21-30,47H,8,10-20H2,1-6H3,(H2,43,56)(H2,44,61)(H,49,67)(H,50,64)(H,51,66)(H,52,62)(H,53,63)(H,54,65)(H,57,58)(H,59,60)(H4,45,46,48)/b9-7+/t23-,24-,25-,26-,27-,28-,29-,30-/m0/s1. The molecule has 68 heavy (non-hydrogen) atoms. The van der Waals surface area contributed by atoms with Crippen molar-refractivity contribution in [2.24, 2.45) is 39.8 Å². The SMILES string of the molecule is CC(C)C[C@H](NC(=O)[C@H](C)NC(=O)[C@H](CCCN=C(N)N)N1C/C=C/CCN[C@@H](CC(=O)O)C(=O)N[C@@H](CC(C)C)C(=O)N[C@@H](C)C1=O)C(=O)N[C@@H](CC(=O)O)C(=O)N[C@@H](CCC(N)=O)C(N)=O. The van der Waals surface area contributed by atoms with Gasteiger partial charge in [0.05, 0.1) is 18.9 Å². The number of carboxylic acids is 2. The lowest BCUT2D eigenvalue weighted by Gasteiger charge is -2.33. The van der Waals surface area contributed by atoms with Crippen LogP contribution in [0.2, 0.25) is 0 Å². The predicted molar refractivity (Wildman–Crippen MR) is 245 cm³/mol. The van der Waals surface area contributed by atoms with Gasteiger partial charge in [-0.2, -0.15) is 0 Å². The summed E-state index contributed by atoms with van der Waals surface area (Å²) in [5.41, 5.74) is 21.5. The molecular formula is C42H71N13O13. The minimum Gasteiger partial charge on any atom is -0.481 e. The Kier molecular flexibility index (Phi) is 25.8. The van der Waals surface area contributed by atoms with Crippen LogP contribution in [0.1, 0.15) is 99.3 Å². The second kappa shape index (κ2) is 29.7. The molecule has 0 bridgehead atoms. The number of guanidine groups is 1. The molecule has 0 saturated carbocycles. The van der Waals surface area contributed by atoms with Gasteiger partial charge in [-0.1, -0.05) is 39.8 Å². The first-order valence-corrected chi connectivity index (χ1v) is 22.3. The van der Waals surface area contributed by atoms with Gasteiger partial charge in [-0.05, 0) is 70.8 Å². The number of nitrogens with two attached hydrogens (primary N) is 4. The molecule has 26 nitrogen and oxygen atoms in total. The molecule has 0 fully saturated rings. The number of nitrogens with zero attached hydrogens (tertiary/aromatic N) is 2. The fraction of sp³-hybridized carbons (Fsp3) is 0.667. The zero-order chi connectivity index (χ0) is 51.8. The number of carboxylic acid groups (broad SMARTS) is 2. The third-order valence-corrected chi connectivity index (χ3v) is 10.3. The number of hydrogen-bond donors (Lipinski definition) is 13. The van der Waals surface area contributed by atoms with E-state index in [4.69, 9.17) is 22.9 Å². The van der Waals surface area contributed by atoms with Gasteiger partial charge in [-0.15, -0.1) is 0 Å². The van der Waals surface area contributed by atoms with Gasteiger partial charge in [0, 0.05) is 19.5 Å². The van der Waals surface area contributed by atoms with Gasteiger partial charge in [-0.25, -0.2) is 0 Å². The highest BCUT2D eigenvalue weighted by molar-refractivity contribution is 5.98. The van der Waals surface area contributed by atoms with Crippen molar-refractivity contribution in [1.29, 1.82) is 0 Å². The summed E-state index contributed by atoms with van der Waals surface area (Å²) in [4.78, 5) is 148. The average molecular weight is 966 g/mol. The lowest BCUT2D eigenvalue weighted by Crippen LogP contribution is -2.60. The number of hydrogen-bond acceptors (Lipinski definition) is 13. The Morgan fingerprint density at radius 2 is 1.35 bits per heavy atom. The molecule has 1 aliphatic heterocycles. The van der Waals surface area contributed by atoms with E-state index in [-0.39, 0.29) is 82.4 Å². The number of carbonyl (C=O) groups excluding carboxylic acids is 9. The molecule has 0 unspecified atom stereocenters. The van der Waals surface area contributed by atoms with Crippen molar-refractivity contribution in [2.75, 3.05) is 19.6 Å². The van der Waals surface area contributed by atoms with Crippen LogP contribution >= 0.6 is 0 Å². The number of nitrogens with one attached hydrogen (secondary N) is 7. The van der Waals surface area contributed by atoms with Crippen molar-refractivity contribution in [3.05, 3.63) is 12.2 Å². The lowest BCUT2D eigenvalue weighted by molar-refractivity contribution is -0.144. The quantitative estimate of drug-likeness (QED) is 0.0179. The Hall–Kier alpha value is -6.86. The first-order valence-electron chi connectivity index (χ1n) is 22.3. The summed E-state index contributed by atoms with van der Waals surface area (Å²) in [5.74, 6) is -11.3. The number of carbonyl (C=O) groups is 11. The molecule has 0 saturated heterocycles. The summed E-state index contributed by atoms with van der Waals surface area (Å²) in [7, 11) is 0. The minimum atomic E-state index is -1.78. The lowest BCUT2D eigenvalue weighted by atomic mass is 10.0. The maximum atomic E-state index is 14.3. The molecule has 17 N–H and O–H groups in total. The molecule has 0 aromatic heterocycles. The van der Waals surface area contributed by atoms with E-state index in [1.54, 1.807) is 39.8 Å². The molecule has 1 aliphatic rings. The Balaban J connectivity index is 3.54. The van der Waals surface area contributed by atoms with Crippen LogP contribution in [-0.4, -0.2) is 154 Å². The molecule has 1 rings (SSSR count). The normalized spacial score (nSPS) is 19.8. The molecule has 1 heterocycles. The number of aliphatic carboxylic acids is 2. The number of primary amides is 2. The first-order chi connectivity index (χ1) is 31.7. The van der Waals surface area contributed by atoms with Gasteiger partial charge in [0.2, 0.25) is 53.2 Å². The fourth-order valence-electron chi connectivity index (χ4n) is 6.85. The van der Waals surface area contributed by atoms with E-state index in [1.807, 2.05) is 0 Å². The van der Waals surface area contributed by atoms with E-state index >= 15 is 0 Å². The molecule has 26 heteroatoms. The molecule has 0 spiro atoms. The second-order valence-corrected chi connectivity index (χ2v) is 17.3. The maximum absolute atomic E-state index is 14.3. The van der Waals surface area contributed by atoms with E-state index in [1.165, 1.54) is 18.7 Å². The second-order valence-electron chi connectivity index (χ2n) is 17.3. The van der Waals surface area contributed by atoms with Crippen LogP contribution in [0.25, 0.3) is 0 Å². The topological polar surface area (TPSA) is 432 Å². The highest BCUT2D eigenvalue weighted by Gasteiger charge is 2.37. The molecule has 9 amide bonds. The summed E-state index contributed by atoms with van der Waals surface area (Å²) in [6, 6.07) is -11.0. The van der Waals surface area contributed by atoms with Crippen LogP contribution < -0.4 is 60.2 Å². The predicted octanol–water partition coefficient (Wildman–Crippen LogP) is -4.10. The molecule has 0 aliphatic carbocycles. The zero-order valence-corrected chi connectivity index (χ0v) is 39.5. The van der Waals surface area contributed by atoms with Crippen LogP contribution in [0.3, 0.4) is 0 Å². The van der Waals surface area contributed by atoms with Gasteiger partial charge in [0.1, 0.15) is 42.3 Å². The highest BCUT2D eigenvalue weighted by Crippen LogP contribution is 2.14. The van der Waals surface area contributed by atoms with E-state index in [9.17, 15) is 63.0 Å². The van der Waals surface area contributed by atoms with Crippen LogP contribution in [-0.2, 0) is 52.7 Å². The van der Waals surface area contributed by atoms with Crippen LogP contribution in [0.5, 0.6) is 0 Å². The van der Waals surface area contributed by atoms with Crippen molar-refractivity contribution in [2.45, 2.75) is 148 Å². The van der Waals surface area contributed by atoms with Crippen molar-refractivity contribution < 1.29 is 63.0 Å². The molecule has 8 atom stereocenters.